The third-order valence-corrected chi connectivity index (χ3v) is 4.20. The van der Waals surface area contributed by atoms with Gasteiger partial charge in [-0.05, 0) is 38.5 Å². The van der Waals surface area contributed by atoms with Gasteiger partial charge in [-0.2, -0.15) is 4.98 Å². The first-order valence-corrected chi connectivity index (χ1v) is 8.49. The molecule has 0 atom stereocenters. The van der Waals surface area contributed by atoms with Crippen LogP contribution in [0.2, 0.25) is 5.02 Å². The van der Waals surface area contributed by atoms with Crippen molar-refractivity contribution in [2.24, 2.45) is 0 Å². The number of hydrogen-bond acceptors (Lipinski definition) is 7. The fourth-order valence-electron chi connectivity index (χ4n) is 2.56. The van der Waals surface area contributed by atoms with Gasteiger partial charge in [0.2, 0.25) is 5.95 Å². The summed E-state index contributed by atoms with van der Waals surface area (Å²) in [5.41, 5.74) is 9.37. The van der Waals surface area contributed by atoms with E-state index in [1.807, 2.05) is 20.8 Å². The standard InChI is InChI=1S/C17H19ClN6O3.ClH/c1-9-4-5-10(18)6-12(9)23-27-14(25)11-7-20-15(21-13(11)19)24-8-17(2,3)22-16(24)26;/h4-7,23H,8H2,1-3H3,(H,22,26)(H2,19,20,21);1H. The summed E-state index contributed by atoms with van der Waals surface area (Å²) in [6, 6.07) is 4.81. The highest BCUT2D eigenvalue weighted by atomic mass is 35.5. The van der Waals surface area contributed by atoms with Gasteiger partial charge in [0.1, 0.15) is 11.4 Å². The summed E-state index contributed by atoms with van der Waals surface area (Å²) in [5, 5.41) is 3.30. The Balaban J connectivity index is 0.00000280. The molecule has 0 bridgehead atoms. The second-order valence-electron chi connectivity index (χ2n) is 6.82. The van der Waals surface area contributed by atoms with Crippen LogP contribution in [-0.2, 0) is 4.84 Å². The molecule has 28 heavy (non-hydrogen) atoms. The summed E-state index contributed by atoms with van der Waals surface area (Å²) in [4.78, 5) is 38.8. The van der Waals surface area contributed by atoms with E-state index in [-0.39, 0.29) is 35.8 Å². The number of carbonyl (C=O) groups is 2. The van der Waals surface area contributed by atoms with E-state index in [9.17, 15) is 9.59 Å². The summed E-state index contributed by atoms with van der Waals surface area (Å²) in [5.74, 6) is -0.734. The third-order valence-electron chi connectivity index (χ3n) is 3.96. The quantitative estimate of drug-likeness (QED) is 0.642. The first-order chi connectivity index (χ1) is 12.7. The Kier molecular flexibility index (Phi) is 6.20. The zero-order chi connectivity index (χ0) is 19.8. The molecular formula is C17H20Cl2N6O3. The maximum atomic E-state index is 12.3. The lowest BCUT2D eigenvalue weighted by Gasteiger charge is -2.17. The van der Waals surface area contributed by atoms with Crippen LogP contribution in [0.4, 0.5) is 22.2 Å². The van der Waals surface area contributed by atoms with Crippen molar-refractivity contribution in [3.63, 3.8) is 0 Å². The molecule has 1 aromatic heterocycles. The van der Waals surface area contributed by atoms with Crippen LogP contribution < -0.4 is 21.4 Å². The first-order valence-electron chi connectivity index (χ1n) is 8.12. The number of hydrogen-bond donors (Lipinski definition) is 3. The van der Waals surface area contributed by atoms with Crippen LogP contribution in [0.3, 0.4) is 0 Å². The van der Waals surface area contributed by atoms with E-state index in [2.05, 4.69) is 20.8 Å². The predicted octanol–water partition coefficient (Wildman–Crippen LogP) is 2.93. The zero-order valence-corrected chi connectivity index (χ0v) is 17.0. The molecule has 3 rings (SSSR count). The Morgan fingerprint density at radius 3 is 2.75 bits per heavy atom. The second-order valence-corrected chi connectivity index (χ2v) is 7.26. The summed E-state index contributed by atoms with van der Waals surface area (Å²) in [6.45, 7) is 5.97. The number of aryl methyl sites for hydroxylation is 1. The number of urea groups is 1. The summed E-state index contributed by atoms with van der Waals surface area (Å²) < 4.78 is 0. The van der Waals surface area contributed by atoms with Gasteiger partial charge in [0.05, 0.1) is 17.8 Å². The number of aromatic nitrogens is 2. The number of carbonyl (C=O) groups excluding carboxylic acids is 2. The number of rotatable bonds is 4. The third kappa shape index (κ3) is 4.55. The highest BCUT2D eigenvalue weighted by Gasteiger charge is 2.37. The Hall–Kier alpha value is -2.78. The van der Waals surface area contributed by atoms with Gasteiger partial charge in [-0.1, -0.05) is 17.7 Å². The van der Waals surface area contributed by atoms with Gasteiger partial charge in [-0.25, -0.2) is 20.1 Å². The fourth-order valence-corrected chi connectivity index (χ4v) is 2.73. The minimum absolute atomic E-state index is 0. The lowest BCUT2D eigenvalue weighted by molar-refractivity contribution is 0.0596. The highest BCUT2D eigenvalue weighted by Crippen LogP contribution is 2.23. The SMILES string of the molecule is Cc1ccc(Cl)cc1NOC(=O)c1cnc(N2CC(C)(C)NC2=O)nc1N.Cl. The Bertz CT molecular complexity index is 922. The average molecular weight is 427 g/mol. The fraction of sp³-hybridized carbons (Fsp3) is 0.294. The van der Waals surface area contributed by atoms with Gasteiger partial charge < -0.3 is 15.9 Å². The number of nitrogen functional groups attached to an aromatic ring is 1. The molecule has 9 nitrogen and oxygen atoms in total. The van der Waals surface area contributed by atoms with E-state index in [4.69, 9.17) is 22.2 Å². The van der Waals surface area contributed by atoms with Gasteiger partial charge in [-0.15, -0.1) is 12.4 Å². The van der Waals surface area contributed by atoms with Gasteiger partial charge in [0.25, 0.3) is 0 Å². The van der Waals surface area contributed by atoms with Gasteiger partial charge in [0, 0.05) is 11.2 Å². The topological polar surface area (TPSA) is 122 Å². The molecule has 1 aromatic carbocycles. The number of benzene rings is 1. The van der Waals surface area contributed by atoms with Gasteiger partial charge in [0.15, 0.2) is 0 Å². The van der Waals surface area contributed by atoms with Crippen molar-refractivity contribution in [1.82, 2.24) is 15.3 Å². The number of nitrogens with zero attached hydrogens (tertiary/aromatic N) is 3. The predicted molar refractivity (Wildman–Crippen MR) is 109 cm³/mol. The van der Waals surface area contributed by atoms with Crippen LogP contribution >= 0.6 is 24.0 Å². The molecule has 4 N–H and O–H groups in total. The Morgan fingerprint density at radius 1 is 1.43 bits per heavy atom. The van der Waals surface area contributed by atoms with E-state index in [1.165, 1.54) is 11.1 Å². The molecular weight excluding hydrogens is 407 g/mol. The number of nitrogens with two attached hydrogens (primary N) is 1. The molecule has 0 unspecified atom stereocenters. The largest absolute Gasteiger partial charge is 0.383 e. The minimum atomic E-state index is -0.760. The van der Waals surface area contributed by atoms with Gasteiger partial charge in [-0.3, -0.25) is 4.90 Å². The first kappa shape index (κ1) is 21.5. The van der Waals surface area contributed by atoms with Crippen LogP contribution in [-0.4, -0.2) is 34.1 Å². The number of halogens is 2. The lowest BCUT2D eigenvalue weighted by atomic mass is 10.1. The van der Waals surface area contributed by atoms with E-state index < -0.39 is 11.5 Å². The second kappa shape index (κ2) is 8.07. The molecule has 1 saturated heterocycles. The van der Waals surface area contributed by atoms with Crippen molar-refractivity contribution in [1.29, 1.82) is 0 Å². The molecule has 1 aliphatic heterocycles. The molecule has 1 fully saturated rings. The maximum Gasteiger partial charge on any atom is 0.368 e. The van der Waals surface area contributed by atoms with Crippen LogP contribution in [0.15, 0.2) is 24.4 Å². The minimum Gasteiger partial charge on any atom is -0.383 e. The van der Waals surface area contributed by atoms with Crippen LogP contribution in [0.5, 0.6) is 0 Å². The Morgan fingerprint density at radius 2 is 2.14 bits per heavy atom. The van der Waals surface area contributed by atoms with Crippen LogP contribution in [0, 0.1) is 6.92 Å². The molecule has 1 aliphatic rings. The summed E-state index contributed by atoms with van der Waals surface area (Å²) in [7, 11) is 0. The van der Waals surface area contributed by atoms with E-state index in [1.54, 1.807) is 18.2 Å². The smallest absolute Gasteiger partial charge is 0.368 e. The van der Waals surface area contributed by atoms with Crippen molar-refractivity contribution in [2.45, 2.75) is 26.3 Å². The Labute approximate surface area is 173 Å². The van der Waals surface area contributed by atoms with Crippen molar-refractivity contribution in [3.05, 3.63) is 40.5 Å². The van der Waals surface area contributed by atoms with Gasteiger partial charge >= 0.3 is 12.0 Å². The van der Waals surface area contributed by atoms with Crippen molar-refractivity contribution in [2.75, 3.05) is 22.7 Å². The van der Waals surface area contributed by atoms with Crippen molar-refractivity contribution in [3.8, 4) is 0 Å². The van der Waals surface area contributed by atoms with Crippen molar-refractivity contribution < 1.29 is 14.4 Å². The van der Waals surface area contributed by atoms with Crippen LogP contribution in [0.25, 0.3) is 0 Å². The molecule has 11 heteroatoms. The summed E-state index contributed by atoms with van der Waals surface area (Å²) >= 11 is 5.93. The molecule has 0 saturated carbocycles. The average Bonchev–Trinajstić information content (AvgIpc) is 2.88. The molecule has 2 heterocycles. The number of nitrogens with one attached hydrogen (secondary N) is 2. The molecule has 2 aromatic rings. The number of anilines is 3. The normalized spacial score (nSPS) is 14.9. The molecule has 0 spiro atoms. The molecule has 0 radical (unpaired) electrons. The molecule has 0 aliphatic carbocycles. The monoisotopic (exact) mass is 426 g/mol. The maximum absolute atomic E-state index is 12.3. The zero-order valence-electron chi connectivity index (χ0n) is 15.4. The lowest BCUT2D eigenvalue weighted by Crippen LogP contribution is -2.36. The van der Waals surface area contributed by atoms with E-state index >= 15 is 0 Å². The van der Waals surface area contributed by atoms with E-state index in [0.717, 1.165) is 5.56 Å². The highest BCUT2D eigenvalue weighted by molar-refractivity contribution is 6.30. The van der Waals surface area contributed by atoms with Crippen LogP contribution in [0.1, 0.15) is 29.8 Å². The number of amides is 2. The van der Waals surface area contributed by atoms with E-state index in [0.29, 0.717) is 17.3 Å². The molecule has 2 amide bonds. The van der Waals surface area contributed by atoms with Crippen molar-refractivity contribution >= 4 is 53.5 Å². The molecule has 150 valence electrons. The summed E-state index contributed by atoms with van der Waals surface area (Å²) in [6.07, 6.45) is 1.23.